The molecule has 1 aliphatic heterocycles. The van der Waals surface area contributed by atoms with Crippen molar-refractivity contribution in [1.82, 2.24) is 29.5 Å². The van der Waals surface area contributed by atoms with E-state index in [2.05, 4.69) is 20.5 Å². The number of rotatable bonds is 5. The lowest BCUT2D eigenvalue weighted by atomic mass is 10.1. The van der Waals surface area contributed by atoms with E-state index in [4.69, 9.17) is 4.98 Å². The minimum atomic E-state index is -3.09. The summed E-state index contributed by atoms with van der Waals surface area (Å²) in [6, 6.07) is 3.65. The number of carbonyl (C=O) groups is 1. The van der Waals surface area contributed by atoms with Crippen LogP contribution >= 0.6 is 0 Å². The molecule has 5 heterocycles. The molecule has 0 bridgehead atoms. The fraction of sp³-hybridized carbons (Fsp3) is 0.458. The van der Waals surface area contributed by atoms with Gasteiger partial charge in [0.25, 0.3) is 5.91 Å². The number of anilines is 1. The van der Waals surface area contributed by atoms with Crippen molar-refractivity contribution in [3.63, 3.8) is 0 Å². The van der Waals surface area contributed by atoms with Crippen molar-refractivity contribution >= 4 is 43.5 Å². The Morgan fingerprint density at radius 2 is 1.94 bits per heavy atom. The van der Waals surface area contributed by atoms with Crippen LogP contribution in [0.25, 0.3) is 22.1 Å². The fourth-order valence-corrected chi connectivity index (χ4v) is 6.60. The summed E-state index contributed by atoms with van der Waals surface area (Å²) in [5.41, 5.74) is 3.96. The molecule has 1 aliphatic carbocycles. The molecule has 6 rings (SSSR count). The smallest absolute Gasteiger partial charge is 0.256 e. The van der Waals surface area contributed by atoms with Crippen LogP contribution in [-0.2, 0) is 9.84 Å². The van der Waals surface area contributed by atoms with Crippen LogP contribution in [-0.4, -0.2) is 55.4 Å². The molecule has 35 heavy (non-hydrogen) atoms. The van der Waals surface area contributed by atoms with E-state index < -0.39 is 9.84 Å². The molecular weight excluding hydrogens is 466 g/mol. The maximum Gasteiger partial charge on any atom is 0.256 e. The van der Waals surface area contributed by atoms with Crippen LogP contribution in [0.2, 0.25) is 0 Å². The summed E-state index contributed by atoms with van der Waals surface area (Å²) < 4.78 is 27.8. The quantitative estimate of drug-likeness (QED) is 0.451. The Morgan fingerprint density at radius 1 is 1.14 bits per heavy atom. The van der Waals surface area contributed by atoms with Gasteiger partial charge < -0.3 is 5.32 Å². The third-order valence-electron chi connectivity index (χ3n) is 6.83. The molecule has 182 valence electrons. The number of amides is 1. The monoisotopic (exact) mass is 493 g/mol. The number of hydrogen-bond donors (Lipinski definition) is 1. The minimum Gasteiger partial charge on any atom is -0.321 e. The zero-order valence-electron chi connectivity index (χ0n) is 19.9. The van der Waals surface area contributed by atoms with E-state index in [-0.39, 0.29) is 29.5 Å². The summed E-state index contributed by atoms with van der Waals surface area (Å²) in [6.07, 6.45) is 5.96. The van der Waals surface area contributed by atoms with Crippen molar-refractivity contribution in [2.45, 2.75) is 58.0 Å². The first kappa shape index (κ1) is 22.1. The largest absolute Gasteiger partial charge is 0.321 e. The Hall–Kier alpha value is -3.34. The van der Waals surface area contributed by atoms with Crippen molar-refractivity contribution in [1.29, 1.82) is 0 Å². The number of carbonyl (C=O) groups excluding carboxylic acids is 1. The number of aromatic nitrogens is 6. The lowest BCUT2D eigenvalue weighted by Gasteiger charge is -2.12. The average molecular weight is 494 g/mol. The fourth-order valence-electron chi connectivity index (χ4n) is 4.91. The van der Waals surface area contributed by atoms with E-state index in [0.29, 0.717) is 40.3 Å². The van der Waals surface area contributed by atoms with Gasteiger partial charge in [-0.1, -0.05) is 0 Å². The molecule has 2 aliphatic rings. The molecular formula is C24H27N7O3S. The van der Waals surface area contributed by atoms with Gasteiger partial charge in [-0.3, -0.25) is 4.79 Å². The molecule has 1 amide bonds. The summed E-state index contributed by atoms with van der Waals surface area (Å²) in [5.74, 6) is 0.257. The molecule has 11 heteroatoms. The molecule has 1 saturated heterocycles. The van der Waals surface area contributed by atoms with Crippen LogP contribution in [0.4, 0.5) is 5.69 Å². The molecule has 1 saturated carbocycles. The van der Waals surface area contributed by atoms with Crippen molar-refractivity contribution in [2.75, 3.05) is 16.8 Å². The van der Waals surface area contributed by atoms with Gasteiger partial charge in [-0.05, 0) is 52.2 Å². The van der Waals surface area contributed by atoms with Gasteiger partial charge in [0.2, 0.25) is 0 Å². The van der Waals surface area contributed by atoms with Gasteiger partial charge in [0.05, 0.1) is 52.3 Å². The molecule has 1 unspecified atom stereocenters. The van der Waals surface area contributed by atoms with Gasteiger partial charge in [-0.25, -0.2) is 27.7 Å². The number of fused-ring (bicyclic) bond motifs is 2. The highest BCUT2D eigenvalue weighted by Crippen LogP contribution is 2.41. The second-order valence-electron chi connectivity index (χ2n) is 9.93. The van der Waals surface area contributed by atoms with Crippen LogP contribution in [0.3, 0.4) is 0 Å². The average Bonchev–Trinajstić information content (AvgIpc) is 3.35. The SMILES string of the molecule is Cc1nn(C2CCS(=O)(=O)C2)c2nc(C3CC3)cc(C(=O)Nc3cnc4c(cnn4C(C)C)c3)c12. The summed E-state index contributed by atoms with van der Waals surface area (Å²) in [5, 5.41) is 13.5. The number of hydrogen-bond acceptors (Lipinski definition) is 7. The van der Waals surface area contributed by atoms with E-state index >= 15 is 0 Å². The van der Waals surface area contributed by atoms with Crippen molar-refractivity contribution in [2.24, 2.45) is 0 Å². The zero-order valence-corrected chi connectivity index (χ0v) is 20.7. The van der Waals surface area contributed by atoms with Crippen molar-refractivity contribution in [3.8, 4) is 0 Å². The highest BCUT2D eigenvalue weighted by molar-refractivity contribution is 7.91. The number of nitrogens with zero attached hydrogens (tertiary/aromatic N) is 6. The summed E-state index contributed by atoms with van der Waals surface area (Å²) in [6.45, 7) is 5.92. The van der Waals surface area contributed by atoms with E-state index in [0.717, 1.165) is 29.6 Å². The van der Waals surface area contributed by atoms with E-state index in [1.165, 1.54) is 0 Å². The van der Waals surface area contributed by atoms with Gasteiger partial charge in [0.15, 0.2) is 21.1 Å². The number of aryl methyl sites for hydroxylation is 1. The van der Waals surface area contributed by atoms with Crippen LogP contribution in [0.15, 0.2) is 24.5 Å². The van der Waals surface area contributed by atoms with Gasteiger partial charge in [-0.15, -0.1) is 0 Å². The van der Waals surface area contributed by atoms with Crippen LogP contribution in [0, 0.1) is 6.92 Å². The number of pyridine rings is 2. The Kier molecular flexibility index (Phi) is 4.96. The molecule has 4 aromatic rings. The summed E-state index contributed by atoms with van der Waals surface area (Å²) >= 11 is 0. The summed E-state index contributed by atoms with van der Waals surface area (Å²) in [4.78, 5) is 22.9. The normalized spacial score (nSPS) is 19.7. The molecule has 0 aromatic carbocycles. The molecule has 10 nitrogen and oxygen atoms in total. The number of sulfone groups is 1. The molecule has 1 atom stereocenters. The topological polar surface area (TPSA) is 125 Å². The Balaban J connectivity index is 1.40. The maximum absolute atomic E-state index is 13.5. The van der Waals surface area contributed by atoms with E-state index in [1.807, 2.05) is 37.6 Å². The molecule has 1 N–H and O–H groups in total. The van der Waals surface area contributed by atoms with E-state index in [1.54, 1.807) is 17.1 Å². The van der Waals surface area contributed by atoms with Crippen molar-refractivity contribution in [3.05, 3.63) is 41.5 Å². The van der Waals surface area contributed by atoms with Gasteiger partial charge in [-0.2, -0.15) is 10.2 Å². The predicted molar refractivity (Wildman–Crippen MR) is 132 cm³/mol. The third kappa shape index (κ3) is 3.87. The zero-order chi connectivity index (χ0) is 24.5. The second kappa shape index (κ2) is 7.84. The Labute approximate surface area is 202 Å². The first-order valence-electron chi connectivity index (χ1n) is 11.9. The van der Waals surface area contributed by atoms with Gasteiger partial charge in [0, 0.05) is 23.0 Å². The summed E-state index contributed by atoms with van der Waals surface area (Å²) in [7, 11) is -3.09. The lowest BCUT2D eigenvalue weighted by Crippen LogP contribution is -2.15. The third-order valence-corrected chi connectivity index (χ3v) is 8.58. The maximum atomic E-state index is 13.5. The van der Waals surface area contributed by atoms with Crippen LogP contribution in [0.5, 0.6) is 0 Å². The molecule has 2 fully saturated rings. The van der Waals surface area contributed by atoms with Crippen molar-refractivity contribution < 1.29 is 13.2 Å². The minimum absolute atomic E-state index is 0.0514. The highest BCUT2D eigenvalue weighted by atomic mass is 32.2. The highest BCUT2D eigenvalue weighted by Gasteiger charge is 2.34. The first-order chi connectivity index (χ1) is 16.7. The standard InChI is InChI=1S/C24H27N7O3S/c1-13(2)30-22-16(10-26-30)8-17(11-25-22)27-24(32)19-9-20(15-4-5-15)28-23-21(19)14(3)29-31(23)18-6-7-35(33,34)12-18/h8-11,13,15,18H,4-7,12H2,1-3H3,(H,27,32). The molecule has 4 aromatic heterocycles. The Morgan fingerprint density at radius 3 is 2.63 bits per heavy atom. The van der Waals surface area contributed by atoms with Crippen LogP contribution in [0.1, 0.15) is 72.9 Å². The Bertz CT molecular complexity index is 1600. The first-order valence-corrected chi connectivity index (χ1v) is 13.8. The van der Waals surface area contributed by atoms with Crippen LogP contribution < -0.4 is 5.32 Å². The van der Waals surface area contributed by atoms with Gasteiger partial charge >= 0.3 is 0 Å². The number of nitrogens with one attached hydrogen (secondary N) is 1. The van der Waals surface area contributed by atoms with Gasteiger partial charge in [0.1, 0.15) is 0 Å². The lowest BCUT2D eigenvalue weighted by molar-refractivity contribution is 0.102. The molecule has 0 spiro atoms. The second-order valence-corrected chi connectivity index (χ2v) is 12.2. The molecule has 0 radical (unpaired) electrons. The van der Waals surface area contributed by atoms with E-state index in [9.17, 15) is 13.2 Å². The predicted octanol–water partition coefficient (Wildman–Crippen LogP) is 3.55.